The molecule has 2 aromatic heterocycles. The van der Waals surface area contributed by atoms with E-state index in [-0.39, 0.29) is 0 Å². The van der Waals surface area contributed by atoms with Crippen molar-refractivity contribution in [2.75, 3.05) is 16.3 Å². The summed E-state index contributed by atoms with van der Waals surface area (Å²) in [6.45, 7) is 7.57. The Morgan fingerprint density at radius 2 is 1.82 bits per heavy atom. The monoisotopic (exact) mass is 369 g/mol. The van der Waals surface area contributed by atoms with E-state index in [9.17, 15) is 0 Å². The lowest BCUT2D eigenvalue weighted by Crippen LogP contribution is -2.38. The zero-order valence-electron chi connectivity index (χ0n) is 16.4. The van der Waals surface area contributed by atoms with E-state index in [0.29, 0.717) is 12.2 Å². The molecule has 1 fully saturated rings. The molecule has 2 aliphatic rings. The third-order valence-electron chi connectivity index (χ3n) is 6.49. The third kappa shape index (κ3) is 2.03. The van der Waals surface area contributed by atoms with Crippen LogP contribution in [-0.2, 0) is 6.42 Å². The van der Waals surface area contributed by atoms with Crippen molar-refractivity contribution in [3.8, 4) is 0 Å². The zero-order chi connectivity index (χ0) is 19.0. The molecule has 0 amide bonds. The van der Waals surface area contributed by atoms with Crippen molar-refractivity contribution in [3.63, 3.8) is 0 Å². The average Bonchev–Trinajstić information content (AvgIpc) is 3.17. The topological polar surface area (TPSA) is 32.5 Å². The van der Waals surface area contributed by atoms with Gasteiger partial charge in [0.05, 0.1) is 17.9 Å². The second-order valence-electron chi connectivity index (χ2n) is 8.19. The molecule has 0 spiro atoms. The summed E-state index contributed by atoms with van der Waals surface area (Å²) in [7, 11) is 0. The van der Waals surface area contributed by atoms with Crippen LogP contribution in [0.2, 0.25) is 0 Å². The van der Waals surface area contributed by atoms with Gasteiger partial charge in [-0.1, -0.05) is 30.3 Å². The van der Waals surface area contributed by atoms with Gasteiger partial charge in [-0.05, 0) is 56.5 Å². The summed E-state index contributed by atoms with van der Waals surface area (Å²) < 4.78 is 6.36. The molecular formula is C24H23N3O. The number of aromatic nitrogens is 1. The minimum Gasteiger partial charge on any atom is -0.436 e. The summed E-state index contributed by atoms with van der Waals surface area (Å²) in [6, 6.07) is 17.9. The lowest BCUT2D eigenvalue weighted by Gasteiger charge is -2.30. The lowest BCUT2D eigenvalue weighted by molar-refractivity contribution is 0.630. The Morgan fingerprint density at radius 3 is 2.71 bits per heavy atom. The first kappa shape index (κ1) is 16.0. The highest BCUT2D eigenvalue weighted by atomic mass is 16.3. The van der Waals surface area contributed by atoms with Crippen molar-refractivity contribution in [3.05, 3.63) is 65.4 Å². The summed E-state index contributed by atoms with van der Waals surface area (Å²) in [5, 5.41) is 2.25. The van der Waals surface area contributed by atoms with Crippen molar-refractivity contribution in [1.82, 2.24) is 4.98 Å². The Labute approximate surface area is 164 Å². The molecule has 2 bridgehead atoms. The molecule has 0 saturated carbocycles. The molecule has 0 N–H and O–H groups in total. The maximum absolute atomic E-state index is 6.36. The van der Waals surface area contributed by atoms with E-state index in [1.165, 1.54) is 22.5 Å². The smallest absolute Gasteiger partial charge is 0.227 e. The van der Waals surface area contributed by atoms with Gasteiger partial charge in [0.25, 0.3) is 0 Å². The van der Waals surface area contributed by atoms with E-state index in [0.717, 1.165) is 40.7 Å². The maximum atomic E-state index is 6.36. The molecule has 1 saturated heterocycles. The van der Waals surface area contributed by atoms with Crippen LogP contribution in [0.15, 0.2) is 52.9 Å². The van der Waals surface area contributed by atoms with Crippen molar-refractivity contribution in [1.29, 1.82) is 0 Å². The minimum absolute atomic E-state index is 0.292. The van der Waals surface area contributed by atoms with Crippen LogP contribution in [-0.4, -0.2) is 23.7 Å². The van der Waals surface area contributed by atoms with Gasteiger partial charge in [-0.15, -0.1) is 0 Å². The van der Waals surface area contributed by atoms with Gasteiger partial charge in [-0.25, -0.2) is 4.98 Å². The van der Waals surface area contributed by atoms with E-state index in [1.807, 2.05) is 6.92 Å². The number of pyridine rings is 1. The van der Waals surface area contributed by atoms with E-state index in [2.05, 4.69) is 77.2 Å². The van der Waals surface area contributed by atoms with Crippen LogP contribution in [0.3, 0.4) is 0 Å². The Kier molecular flexibility index (Phi) is 3.14. The highest BCUT2D eigenvalue weighted by Crippen LogP contribution is 2.44. The average molecular weight is 369 g/mol. The molecular weight excluding hydrogens is 346 g/mol. The van der Waals surface area contributed by atoms with E-state index >= 15 is 0 Å². The number of aryl methyl sites for hydroxylation is 2. The zero-order valence-corrected chi connectivity index (χ0v) is 16.4. The molecule has 4 nitrogen and oxygen atoms in total. The largest absolute Gasteiger partial charge is 0.436 e. The Morgan fingerprint density at radius 1 is 1.00 bits per heavy atom. The highest BCUT2D eigenvalue weighted by molar-refractivity contribution is 6.08. The van der Waals surface area contributed by atoms with Gasteiger partial charge in [-0.2, -0.15) is 0 Å². The molecule has 0 aliphatic carbocycles. The predicted octanol–water partition coefficient (Wildman–Crippen LogP) is 5.20. The van der Waals surface area contributed by atoms with Gasteiger partial charge < -0.3 is 14.2 Å². The van der Waals surface area contributed by atoms with E-state index < -0.39 is 0 Å². The summed E-state index contributed by atoms with van der Waals surface area (Å²) in [5.74, 6) is 0. The summed E-state index contributed by atoms with van der Waals surface area (Å²) in [4.78, 5) is 9.74. The molecule has 2 aromatic carbocycles. The van der Waals surface area contributed by atoms with Gasteiger partial charge in [0.1, 0.15) is 0 Å². The lowest BCUT2D eigenvalue weighted by atomic mass is 9.99. The first-order valence-corrected chi connectivity index (χ1v) is 10.0. The quantitative estimate of drug-likeness (QED) is 0.462. The van der Waals surface area contributed by atoms with Crippen LogP contribution in [0.5, 0.6) is 0 Å². The standard InChI is InChI=1S/C24H23N3O/c1-14-8-10-19-20-11-9-15(2)25-24(20)28-23(19)22(14)27-16(3)26-13-18(27)12-17-6-4-5-7-21(17)26/h4-11,16,18H,12-13H2,1-3H3. The van der Waals surface area contributed by atoms with E-state index in [1.54, 1.807) is 0 Å². The van der Waals surface area contributed by atoms with Gasteiger partial charge in [0, 0.05) is 28.7 Å². The number of hydrogen-bond donors (Lipinski definition) is 0. The maximum Gasteiger partial charge on any atom is 0.227 e. The summed E-state index contributed by atoms with van der Waals surface area (Å²) >= 11 is 0. The number of hydrogen-bond acceptors (Lipinski definition) is 4. The molecule has 4 heterocycles. The number of rotatable bonds is 1. The predicted molar refractivity (Wildman–Crippen MR) is 114 cm³/mol. The highest BCUT2D eigenvalue weighted by Gasteiger charge is 2.42. The number of para-hydroxylation sites is 1. The first-order valence-electron chi connectivity index (χ1n) is 10.0. The molecule has 2 unspecified atom stereocenters. The van der Waals surface area contributed by atoms with Gasteiger partial charge in [0.2, 0.25) is 5.71 Å². The molecule has 0 radical (unpaired) electrons. The number of nitrogens with zero attached hydrogens (tertiary/aromatic N) is 3. The fraction of sp³-hybridized carbons (Fsp3) is 0.292. The Balaban J connectivity index is 1.57. The van der Waals surface area contributed by atoms with Crippen molar-refractivity contribution in [2.24, 2.45) is 0 Å². The first-order chi connectivity index (χ1) is 13.6. The van der Waals surface area contributed by atoms with Gasteiger partial charge >= 0.3 is 0 Å². The van der Waals surface area contributed by atoms with Crippen LogP contribution >= 0.6 is 0 Å². The SMILES string of the molecule is Cc1ccc2c(n1)oc1c(N3C4Cc5ccccc5N(C4)C3C)c(C)ccc12. The molecule has 6 rings (SSSR count). The van der Waals surface area contributed by atoms with Crippen molar-refractivity contribution in [2.45, 2.75) is 39.4 Å². The van der Waals surface area contributed by atoms with Crippen LogP contribution in [0.1, 0.15) is 23.7 Å². The van der Waals surface area contributed by atoms with Crippen molar-refractivity contribution >= 4 is 33.4 Å². The second-order valence-corrected chi connectivity index (χ2v) is 8.19. The Hall–Kier alpha value is -3.01. The number of anilines is 2. The second kappa shape index (κ2) is 5.51. The number of furan rings is 1. The molecule has 4 aromatic rings. The number of fused-ring (bicyclic) bond motifs is 7. The Bertz CT molecular complexity index is 1240. The normalized spacial score (nSPS) is 21.0. The summed E-state index contributed by atoms with van der Waals surface area (Å²) in [5.41, 5.74) is 7.99. The molecule has 4 heteroatoms. The fourth-order valence-electron chi connectivity index (χ4n) is 5.19. The molecule has 140 valence electrons. The third-order valence-corrected chi connectivity index (χ3v) is 6.49. The van der Waals surface area contributed by atoms with Crippen molar-refractivity contribution < 1.29 is 4.42 Å². The summed E-state index contributed by atoms with van der Waals surface area (Å²) in [6.07, 6.45) is 1.37. The van der Waals surface area contributed by atoms with Crippen LogP contribution in [0, 0.1) is 13.8 Å². The van der Waals surface area contributed by atoms with Crippen LogP contribution in [0.25, 0.3) is 22.1 Å². The van der Waals surface area contributed by atoms with Crippen LogP contribution in [0.4, 0.5) is 11.4 Å². The number of benzene rings is 2. The molecule has 2 atom stereocenters. The van der Waals surface area contributed by atoms with Gasteiger partial charge in [-0.3, -0.25) is 0 Å². The fourth-order valence-corrected chi connectivity index (χ4v) is 5.19. The molecule has 2 aliphatic heterocycles. The van der Waals surface area contributed by atoms with E-state index in [4.69, 9.17) is 4.42 Å². The molecule has 28 heavy (non-hydrogen) atoms. The minimum atomic E-state index is 0.292. The van der Waals surface area contributed by atoms with Crippen LogP contribution < -0.4 is 9.80 Å². The van der Waals surface area contributed by atoms with Gasteiger partial charge in [0.15, 0.2) is 5.58 Å².